The summed E-state index contributed by atoms with van der Waals surface area (Å²) in [5.74, 6) is 0.323. The first kappa shape index (κ1) is 19.9. The van der Waals surface area contributed by atoms with E-state index in [2.05, 4.69) is 10.3 Å². The molecule has 8 heteroatoms. The lowest BCUT2D eigenvalue weighted by molar-refractivity contribution is -0.137. The first-order chi connectivity index (χ1) is 13.4. The van der Waals surface area contributed by atoms with Crippen LogP contribution in [-0.4, -0.2) is 18.0 Å². The molecule has 1 N–H and O–H groups in total. The summed E-state index contributed by atoms with van der Waals surface area (Å²) in [5, 5.41) is 4.94. The molecule has 0 radical (unpaired) electrons. The van der Waals surface area contributed by atoms with E-state index in [1.807, 2.05) is 18.2 Å². The SMILES string of the molecule is COc1ccccc1CNC(=O)c1csc(Cc2cccc(C(F)(F)F)c2)n1. The minimum Gasteiger partial charge on any atom is -0.496 e. The maximum Gasteiger partial charge on any atom is 0.416 e. The van der Waals surface area contributed by atoms with E-state index in [4.69, 9.17) is 4.74 Å². The van der Waals surface area contributed by atoms with Crippen molar-refractivity contribution in [3.63, 3.8) is 0 Å². The number of alkyl halides is 3. The summed E-state index contributed by atoms with van der Waals surface area (Å²) in [6.45, 7) is 0.281. The molecule has 0 saturated heterocycles. The largest absolute Gasteiger partial charge is 0.496 e. The number of benzene rings is 2. The Labute approximate surface area is 164 Å². The molecule has 1 aromatic heterocycles. The molecule has 0 aliphatic carbocycles. The van der Waals surface area contributed by atoms with Gasteiger partial charge in [-0.15, -0.1) is 11.3 Å². The molecule has 2 aromatic carbocycles. The van der Waals surface area contributed by atoms with E-state index < -0.39 is 11.7 Å². The molecule has 146 valence electrons. The maximum atomic E-state index is 12.8. The van der Waals surface area contributed by atoms with Crippen LogP contribution < -0.4 is 10.1 Å². The Kier molecular flexibility index (Phi) is 5.99. The zero-order chi connectivity index (χ0) is 20.1. The number of para-hydroxylation sites is 1. The van der Waals surface area contributed by atoms with Crippen LogP contribution in [0.15, 0.2) is 53.9 Å². The fourth-order valence-electron chi connectivity index (χ4n) is 2.64. The van der Waals surface area contributed by atoms with Crippen LogP contribution in [0.4, 0.5) is 13.2 Å². The average Bonchev–Trinajstić information content (AvgIpc) is 3.14. The number of amides is 1. The van der Waals surface area contributed by atoms with Gasteiger partial charge in [-0.2, -0.15) is 13.2 Å². The van der Waals surface area contributed by atoms with Crippen LogP contribution in [0.1, 0.15) is 32.2 Å². The molecule has 0 aliphatic heterocycles. The molecule has 3 rings (SSSR count). The third kappa shape index (κ3) is 4.89. The average molecular weight is 406 g/mol. The fraction of sp³-hybridized carbons (Fsp3) is 0.200. The van der Waals surface area contributed by atoms with Gasteiger partial charge < -0.3 is 10.1 Å². The molecule has 4 nitrogen and oxygen atoms in total. The molecular formula is C20H17F3N2O2S. The Morgan fingerprint density at radius 1 is 1.18 bits per heavy atom. The van der Waals surface area contributed by atoms with Crippen molar-refractivity contribution in [3.05, 3.63) is 81.3 Å². The number of rotatable bonds is 6. The Morgan fingerprint density at radius 3 is 2.71 bits per heavy atom. The number of thiazole rings is 1. The van der Waals surface area contributed by atoms with E-state index in [9.17, 15) is 18.0 Å². The molecule has 0 aliphatic rings. The number of nitrogens with one attached hydrogen (secondary N) is 1. The van der Waals surface area contributed by atoms with E-state index >= 15 is 0 Å². The lowest BCUT2D eigenvalue weighted by Gasteiger charge is -2.08. The second-order valence-electron chi connectivity index (χ2n) is 6.00. The third-order valence-electron chi connectivity index (χ3n) is 4.03. The highest BCUT2D eigenvalue weighted by Crippen LogP contribution is 2.30. The summed E-state index contributed by atoms with van der Waals surface area (Å²) in [7, 11) is 1.56. The van der Waals surface area contributed by atoms with E-state index in [1.165, 1.54) is 17.4 Å². The van der Waals surface area contributed by atoms with E-state index in [1.54, 1.807) is 24.6 Å². The predicted molar refractivity (Wildman–Crippen MR) is 101 cm³/mol. The number of carbonyl (C=O) groups is 1. The number of hydrogen-bond acceptors (Lipinski definition) is 4. The summed E-state index contributed by atoms with van der Waals surface area (Å²) in [6, 6.07) is 12.4. The highest BCUT2D eigenvalue weighted by molar-refractivity contribution is 7.09. The molecular weight excluding hydrogens is 389 g/mol. The van der Waals surface area contributed by atoms with Gasteiger partial charge in [-0.25, -0.2) is 4.98 Å². The van der Waals surface area contributed by atoms with Crippen LogP contribution in [0.5, 0.6) is 5.75 Å². The van der Waals surface area contributed by atoms with Crippen LogP contribution in [0.3, 0.4) is 0 Å². The molecule has 0 spiro atoms. The van der Waals surface area contributed by atoms with Gasteiger partial charge in [0.2, 0.25) is 0 Å². The molecule has 0 bridgehead atoms. The zero-order valence-electron chi connectivity index (χ0n) is 14.9. The van der Waals surface area contributed by atoms with Gasteiger partial charge in [0.25, 0.3) is 5.91 Å². The summed E-state index contributed by atoms with van der Waals surface area (Å²) < 4.78 is 43.7. The van der Waals surface area contributed by atoms with Crippen molar-refractivity contribution < 1.29 is 22.7 Å². The van der Waals surface area contributed by atoms with Crippen LogP contribution in [0.2, 0.25) is 0 Å². The lowest BCUT2D eigenvalue weighted by Crippen LogP contribution is -2.23. The highest BCUT2D eigenvalue weighted by Gasteiger charge is 2.30. The Balaban J connectivity index is 1.64. The number of halogens is 3. The van der Waals surface area contributed by atoms with Crippen molar-refractivity contribution in [2.24, 2.45) is 0 Å². The first-order valence-electron chi connectivity index (χ1n) is 8.37. The standard InChI is InChI=1S/C20H17F3N2O2S/c1-27-17-8-3-2-6-14(17)11-24-19(26)16-12-28-18(25-16)10-13-5-4-7-15(9-13)20(21,22)23/h2-9,12H,10-11H2,1H3,(H,24,26). The Hall–Kier alpha value is -2.87. The minimum absolute atomic E-state index is 0.231. The third-order valence-corrected chi connectivity index (χ3v) is 4.87. The molecule has 1 heterocycles. The second kappa shape index (κ2) is 8.43. The van der Waals surface area contributed by atoms with Crippen molar-refractivity contribution in [2.45, 2.75) is 19.1 Å². The van der Waals surface area contributed by atoms with Gasteiger partial charge in [0.15, 0.2) is 0 Å². The molecule has 0 atom stereocenters. The Bertz CT molecular complexity index is 970. The van der Waals surface area contributed by atoms with Gasteiger partial charge in [0, 0.05) is 23.9 Å². The summed E-state index contributed by atoms with van der Waals surface area (Å²) >= 11 is 1.24. The van der Waals surface area contributed by atoms with Crippen molar-refractivity contribution >= 4 is 17.2 Å². The van der Waals surface area contributed by atoms with Crippen molar-refractivity contribution in [2.75, 3.05) is 7.11 Å². The number of ether oxygens (including phenoxy) is 1. The van der Waals surface area contributed by atoms with Crippen molar-refractivity contribution in [3.8, 4) is 5.75 Å². The van der Waals surface area contributed by atoms with Crippen molar-refractivity contribution in [1.82, 2.24) is 10.3 Å². The summed E-state index contributed by atoms with van der Waals surface area (Å²) in [6.07, 6.45) is -4.16. The highest BCUT2D eigenvalue weighted by atomic mass is 32.1. The smallest absolute Gasteiger partial charge is 0.416 e. The van der Waals surface area contributed by atoms with E-state index in [0.717, 1.165) is 17.7 Å². The van der Waals surface area contributed by atoms with E-state index in [0.29, 0.717) is 16.3 Å². The number of nitrogens with zero attached hydrogens (tertiary/aromatic N) is 1. The molecule has 0 fully saturated rings. The maximum absolute atomic E-state index is 12.8. The van der Waals surface area contributed by atoms with Crippen molar-refractivity contribution in [1.29, 1.82) is 0 Å². The summed E-state index contributed by atoms with van der Waals surface area (Å²) in [4.78, 5) is 16.6. The van der Waals surface area contributed by atoms with Crippen LogP contribution in [-0.2, 0) is 19.1 Å². The molecule has 1 amide bonds. The quantitative estimate of drug-likeness (QED) is 0.646. The number of hydrogen-bond donors (Lipinski definition) is 1. The van der Waals surface area contributed by atoms with Gasteiger partial charge in [0.05, 0.1) is 17.7 Å². The monoisotopic (exact) mass is 406 g/mol. The van der Waals surface area contributed by atoms with E-state index in [-0.39, 0.29) is 24.6 Å². The number of aromatic nitrogens is 1. The molecule has 0 saturated carbocycles. The fourth-order valence-corrected chi connectivity index (χ4v) is 3.45. The molecule has 0 unspecified atom stereocenters. The van der Waals surface area contributed by atoms with Gasteiger partial charge >= 0.3 is 6.18 Å². The van der Waals surface area contributed by atoms with Gasteiger partial charge in [0.1, 0.15) is 11.4 Å². The summed E-state index contributed by atoms with van der Waals surface area (Å²) in [5.41, 5.74) is 0.862. The minimum atomic E-state index is -4.39. The van der Waals surface area contributed by atoms with Gasteiger partial charge in [-0.1, -0.05) is 36.4 Å². The normalized spacial score (nSPS) is 11.3. The van der Waals surface area contributed by atoms with Gasteiger partial charge in [-0.3, -0.25) is 4.79 Å². The zero-order valence-corrected chi connectivity index (χ0v) is 15.7. The number of carbonyl (C=O) groups excluding carboxylic acids is 1. The van der Waals surface area contributed by atoms with Gasteiger partial charge in [-0.05, 0) is 17.7 Å². The second-order valence-corrected chi connectivity index (χ2v) is 6.94. The Morgan fingerprint density at radius 2 is 1.96 bits per heavy atom. The van der Waals surface area contributed by atoms with Crippen LogP contribution in [0.25, 0.3) is 0 Å². The molecule has 3 aromatic rings. The molecule has 28 heavy (non-hydrogen) atoms. The predicted octanol–water partition coefficient (Wildman–Crippen LogP) is 4.69. The number of methoxy groups -OCH3 is 1. The van der Waals surface area contributed by atoms with Crippen LogP contribution >= 0.6 is 11.3 Å². The lowest BCUT2D eigenvalue weighted by atomic mass is 10.1. The topological polar surface area (TPSA) is 51.2 Å². The van der Waals surface area contributed by atoms with Crippen LogP contribution in [0, 0.1) is 0 Å². The first-order valence-corrected chi connectivity index (χ1v) is 9.25.